The van der Waals surface area contributed by atoms with Crippen LogP contribution in [0.5, 0.6) is 0 Å². The van der Waals surface area contributed by atoms with Crippen molar-refractivity contribution >= 4 is 21.6 Å². The summed E-state index contributed by atoms with van der Waals surface area (Å²) in [7, 11) is -3.78. The molecular weight excluding hydrogens is 295 g/mol. The third-order valence-electron chi connectivity index (χ3n) is 2.81. The topological polar surface area (TPSA) is 89.3 Å². The molecule has 0 unspecified atom stereocenters. The number of nitrogens with two attached hydrogens (primary N) is 1. The van der Waals surface area contributed by atoms with Crippen LogP contribution in [-0.4, -0.2) is 14.3 Å². The standard InChI is InChI=1S/C14H13FN2O3S/c1-9-2-7-12(13(15)8-9)14(18)17-10-3-5-11(6-4-10)21(16,19)20/h2-8H,1H3,(H,17,18)(H2,16,19,20). The Hall–Kier alpha value is -2.25. The Bertz CT molecular complexity index is 786. The molecule has 0 saturated carbocycles. The Morgan fingerprint density at radius 2 is 1.76 bits per heavy atom. The number of carbonyl (C=O) groups excluding carboxylic acids is 1. The van der Waals surface area contributed by atoms with E-state index in [1.807, 2.05) is 0 Å². The van der Waals surface area contributed by atoms with Gasteiger partial charge in [-0.3, -0.25) is 4.79 Å². The van der Waals surface area contributed by atoms with E-state index in [0.717, 1.165) is 0 Å². The van der Waals surface area contributed by atoms with Gasteiger partial charge in [0.2, 0.25) is 10.0 Å². The number of carbonyl (C=O) groups is 1. The van der Waals surface area contributed by atoms with Gasteiger partial charge in [-0.2, -0.15) is 0 Å². The second kappa shape index (κ2) is 5.63. The smallest absolute Gasteiger partial charge is 0.258 e. The highest BCUT2D eigenvalue weighted by Gasteiger charge is 2.12. The number of aryl methyl sites for hydroxylation is 1. The predicted octanol–water partition coefficient (Wildman–Crippen LogP) is 2.03. The third-order valence-corrected chi connectivity index (χ3v) is 3.74. The van der Waals surface area contributed by atoms with Crippen LogP contribution in [0, 0.1) is 12.7 Å². The number of rotatable bonds is 3. The fourth-order valence-electron chi connectivity index (χ4n) is 1.73. The van der Waals surface area contributed by atoms with Crippen LogP contribution >= 0.6 is 0 Å². The molecule has 2 aromatic carbocycles. The summed E-state index contributed by atoms with van der Waals surface area (Å²) in [4.78, 5) is 11.9. The molecule has 0 aromatic heterocycles. The van der Waals surface area contributed by atoms with Gasteiger partial charge in [0.1, 0.15) is 5.82 Å². The zero-order valence-corrected chi connectivity index (χ0v) is 11.9. The Morgan fingerprint density at radius 3 is 2.29 bits per heavy atom. The first kappa shape index (κ1) is 15.1. The molecule has 2 aromatic rings. The lowest BCUT2D eigenvalue weighted by molar-refractivity contribution is 0.102. The maximum atomic E-state index is 13.7. The summed E-state index contributed by atoms with van der Waals surface area (Å²) in [6, 6.07) is 9.56. The van der Waals surface area contributed by atoms with Crippen molar-refractivity contribution in [3.63, 3.8) is 0 Å². The lowest BCUT2D eigenvalue weighted by atomic mass is 10.1. The first-order valence-corrected chi connectivity index (χ1v) is 7.52. The van der Waals surface area contributed by atoms with Gasteiger partial charge in [0.25, 0.3) is 5.91 Å². The number of sulfonamides is 1. The maximum Gasteiger partial charge on any atom is 0.258 e. The minimum atomic E-state index is -3.78. The van der Waals surface area contributed by atoms with Crippen LogP contribution in [0.4, 0.5) is 10.1 Å². The van der Waals surface area contributed by atoms with Gasteiger partial charge in [-0.15, -0.1) is 0 Å². The van der Waals surface area contributed by atoms with Crippen LogP contribution in [0.15, 0.2) is 47.4 Å². The molecule has 0 aliphatic rings. The van der Waals surface area contributed by atoms with Crippen molar-refractivity contribution in [3.8, 4) is 0 Å². The van der Waals surface area contributed by atoms with Crippen molar-refractivity contribution in [2.24, 2.45) is 5.14 Å². The minimum Gasteiger partial charge on any atom is -0.322 e. The summed E-state index contributed by atoms with van der Waals surface area (Å²) < 4.78 is 35.9. The predicted molar refractivity (Wildman–Crippen MR) is 76.9 cm³/mol. The van der Waals surface area contributed by atoms with Crippen molar-refractivity contribution in [1.82, 2.24) is 0 Å². The van der Waals surface area contributed by atoms with E-state index in [4.69, 9.17) is 5.14 Å². The number of hydrogen-bond donors (Lipinski definition) is 2. The highest BCUT2D eigenvalue weighted by Crippen LogP contribution is 2.15. The van der Waals surface area contributed by atoms with Crippen molar-refractivity contribution < 1.29 is 17.6 Å². The summed E-state index contributed by atoms with van der Waals surface area (Å²) in [6.07, 6.45) is 0. The summed E-state index contributed by atoms with van der Waals surface area (Å²) in [5, 5.41) is 7.45. The molecule has 0 fully saturated rings. The van der Waals surface area contributed by atoms with E-state index in [9.17, 15) is 17.6 Å². The van der Waals surface area contributed by atoms with Crippen LogP contribution in [0.2, 0.25) is 0 Å². The normalized spacial score (nSPS) is 11.2. The van der Waals surface area contributed by atoms with Crippen molar-refractivity contribution in [2.45, 2.75) is 11.8 Å². The molecule has 3 N–H and O–H groups in total. The number of halogens is 1. The van der Waals surface area contributed by atoms with Crippen molar-refractivity contribution in [3.05, 3.63) is 59.4 Å². The highest BCUT2D eigenvalue weighted by atomic mass is 32.2. The fourth-order valence-corrected chi connectivity index (χ4v) is 2.25. The van der Waals surface area contributed by atoms with Gasteiger partial charge >= 0.3 is 0 Å². The van der Waals surface area contributed by atoms with Crippen LogP contribution < -0.4 is 10.5 Å². The Labute approximate surface area is 121 Å². The molecule has 110 valence electrons. The average Bonchev–Trinajstić information content (AvgIpc) is 2.38. The molecule has 0 heterocycles. The Kier molecular flexibility index (Phi) is 4.06. The molecule has 0 saturated heterocycles. The molecule has 0 aliphatic heterocycles. The number of nitrogens with one attached hydrogen (secondary N) is 1. The van der Waals surface area contributed by atoms with Gasteiger partial charge in [-0.1, -0.05) is 6.07 Å². The van der Waals surface area contributed by atoms with Gasteiger partial charge < -0.3 is 5.32 Å². The first-order chi connectivity index (χ1) is 9.77. The fraction of sp³-hybridized carbons (Fsp3) is 0.0714. The maximum absolute atomic E-state index is 13.7. The lowest BCUT2D eigenvalue weighted by Crippen LogP contribution is -2.15. The van der Waals surface area contributed by atoms with E-state index in [1.54, 1.807) is 13.0 Å². The lowest BCUT2D eigenvalue weighted by Gasteiger charge is -2.07. The second-order valence-electron chi connectivity index (χ2n) is 4.51. The summed E-state index contributed by atoms with van der Waals surface area (Å²) >= 11 is 0. The van der Waals surface area contributed by atoms with Crippen LogP contribution in [-0.2, 0) is 10.0 Å². The van der Waals surface area contributed by atoms with Crippen molar-refractivity contribution in [2.75, 3.05) is 5.32 Å². The summed E-state index contributed by atoms with van der Waals surface area (Å²) in [5.74, 6) is -1.23. The molecule has 0 radical (unpaired) electrons. The van der Waals surface area contributed by atoms with E-state index in [1.165, 1.54) is 36.4 Å². The SMILES string of the molecule is Cc1ccc(C(=O)Nc2ccc(S(N)(=O)=O)cc2)c(F)c1. The largest absolute Gasteiger partial charge is 0.322 e. The molecular formula is C14H13FN2O3S. The molecule has 5 nitrogen and oxygen atoms in total. The number of anilines is 1. The molecule has 2 rings (SSSR count). The zero-order valence-electron chi connectivity index (χ0n) is 11.1. The number of primary sulfonamides is 1. The third kappa shape index (κ3) is 3.65. The van der Waals surface area contributed by atoms with E-state index < -0.39 is 21.7 Å². The summed E-state index contributed by atoms with van der Waals surface area (Å²) in [5.41, 5.74) is 0.963. The van der Waals surface area contributed by atoms with Crippen LogP contribution in [0.1, 0.15) is 15.9 Å². The number of amides is 1. The molecule has 7 heteroatoms. The van der Waals surface area contributed by atoms with E-state index in [0.29, 0.717) is 11.3 Å². The van der Waals surface area contributed by atoms with Gasteiger partial charge in [0.15, 0.2) is 0 Å². The number of hydrogen-bond acceptors (Lipinski definition) is 3. The van der Waals surface area contributed by atoms with E-state index >= 15 is 0 Å². The molecule has 0 atom stereocenters. The van der Waals surface area contributed by atoms with Crippen molar-refractivity contribution in [1.29, 1.82) is 0 Å². The molecule has 0 spiro atoms. The molecule has 21 heavy (non-hydrogen) atoms. The first-order valence-electron chi connectivity index (χ1n) is 5.98. The van der Waals surface area contributed by atoms with Crippen LogP contribution in [0.3, 0.4) is 0 Å². The molecule has 1 amide bonds. The minimum absolute atomic E-state index is 0.0676. The quantitative estimate of drug-likeness (QED) is 0.909. The van der Waals surface area contributed by atoms with Gasteiger partial charge in [0.05, 0.1) is 10.5 Å². The van der Waals surface area contributed by atoms with Gasteiger partial charge in [-0.25, -0.2) is 17.9 Å². The van der Waals surface area contributed by atoms with E-state index in [2.05, 4.69) is 5.32 Å². The van der Waals surface area contributed by atoms with Crippen LogP contribution in [0.25, 0.3) is 0 Å². The molecule has 0 bridgehead atoms. The zero-order chi connectivity index (χ0) is 15.6. The highest BCUT2D eigenvalue weighted by molar-refractivity contribution is 7.89. The number of benzene rings is 2. The Balaban J connectivity index is 2.20. The van der Waals surface area contributed by atoms with E-state index in [-0.39, 0.29) is 10.5 Å². The van der Waals surface area contributed by atoms with Gasteiger partial charge in [0, 0.05) is 5.69 Å². The van der Waals surface area contributed by atoms with Gasteiger partial charge in [-0.05, 0) is 48.9 Å². The average molecular weight is 308 g/mol. The summed E-state index contributed by atoms with van der Waals surface area (Å²) in [6.45, 7) is 1.72. The molecule has 0 aliphatic carbocycles. The second-order valence-corrected chi connectivity index (χ2v) is 6.07. The monoisotopic (exact) mass is 308 g/mol. The Morgan fingerprint density at radius 1 is 1.14 bits per heavy atom.